The number of methoxy groups -OCH3 is 2. The third-order valence-electron chi connectivity index (χ3n) is 6.33. The molecule has 0 aliphatic carbocycles. The molecule has 3 aliphatic rings. The van der Waals surface area contributed by atoms with Gasteiger partial charge in [0.2, 0.25) is 25.1 Å². The fourth-order valence-corrected chi connectivity index (χ4v) is 4.74. The summed E-state index contributed by atoms with van der Waals surface area (Å²) < 4.78 is 45.1. The van der Waals surface area contributed by atoms with Gasteiger partial charge in [-0.3, -0.25) is 4.79 Å². The Labute approximate surface area is 196 Å². The van der Waals surface area contributed by atoms with Crippen molar-refractivity contribution in [1.29, 1.82) is 0 Å². The quantitative estimate of drug-likeness (QED) is 0.601. The topological polar surface area (TPSA) is 111 Å². The number of esters is 1. The molecular weight excluding hydrogens is 448 g/mol. The van der Waals surface area contributed by atoms with Crippen LogP contribution in [0.3, 0.4) is 0 Å². The van der Waals surface area contributed by atoms with Crippen LogP contribution in [-0.2, 0) is 14.3 Å². The third-order valence-corrected chi connectivity index (χ3v) is 6.33. The Morgan fingerprint density at radius 2 is 1.41 bits per heavy atom. The highest BCUT2D eigenvalue weighted by Crippen LogP contribution is 2.54. The van der Waals surface area contributed by atoms with Gasteiger partial charge < -0.3 is 43.0 Å². The molecule has 1 saturated heterocycles. The summed E-state index contributed by atoms with van der Waals surface area (Å²) in [5, 5.41) is 10.4. The lowest BCUT2D eigenvalue weighted by atomic mass is 9.83. The second-order valence-electron chi connectivity index (χ2n) is 8.20. The maximum absolute atomic E-state index is 11.6. The summed E-state index contributed by atoms with van der Waals surface area (Å²) in [6.45, 7) is 1.42. The summed E-state index contributed by atoms with van der Waals surface area (Å²) in [6, 6.07) is 7.28. The summed E-state index contributed by atoms with van der Waals surface area (Å²) in [5.41, 5.74) is 1.51. The molecule has 0 unspecified atom stereocenters. The molecule has 2 aromatic rings. The molecule has 0 aromatic heterocycles. The zero-order valence-electron chi connectivity index (χ0n) is 19.1. The molecule has 1 N–H and O–H groups in total. The summed E-state index contributed by atoms with van der Waals surface area (Å²) >= 11 is 0. The molecule has 10 nitrogen and oxygen atoms in total. The molecule has 2 aromatic carbocycles. The van der Waals surface area contributed by atoms with Gasteiger partial charge in [-0.05, 0) is 35.4 Å². The first-order valence-corrected chi connectivity index (χ1v) is 10.9. The van der Waals surface area contributed by atoms with Crippen LogP contribution in [0.2, 0.25) is 0 Å². The van der Waals surface area contributed by atoms with Gasteiger partial charge in [0.25, 0.3) is 0 Å². The average molecular weight is 474 g/mol. The van der Waals surface area contributed by atoms with E-state index in [1.807, 2.05) is 24.3 Å². The van der Waals surface area contributed by atoms with Crippen molar-refractivity contribution in [3.8, 4) is 34.5 Å². The highest BCUT2D eigenvalue weighted by Gasteiger charge is 2.47. The molecule has 0 amide bonds. The van der Waals surface area contributed by atoms with E-state index in [0.29, 0.717) is 34.5 Å². The van der Waals surface area contributed by atoms with Gasteiger partial charge in [0, 0.05) is 25.4 Å². The van der Waals surface area contributed by atoms with E-state index in [9.17, 15) is 9.90 Å². The largest absolute Gasteiger partial charge is 0.493 e. The van der Waals surface area contributed by atoms with Gasteiger partial charge in [-0.2, -0.15) is 0 Å². The fraction of sp³-hybridized carbons (Fsp3) is 0.458. The summed E-state index contributed by atoms with van der Waals surface area (Å²) in [5.74, 6) is 2.01. The van der Waals surface area contributed by atoms with E-state index >= 15 is 0 Å². The Morgan fingerprint density at radius 3 is 1.88 bits per heavy atom. The molecule has 0 bridgehead atoms. The minimum atomic E-state index is -0.532. The van der Waals surface area contributed by atoms with Crippen molar-refractivity contribution in [2.24, 2.45) is 11.8 Å². The number of hydrogen-bond donors (Lipinski definition) is 1. The minimum Gasteiger partial charge on any atom is -0.493 e. The van der Waals surface area contributed by atoms with Crippen molar-refractivity contribution in [2.45, 2.75) is 19.1 Å². The second-order valence-corrected chi connectivity index (χ2v) is 8.20. The number of carbonyl (C=O) groups excluding carboxylic acids is 1. The van der Waals surface area contributed by atoms with Crippen molar-refractivity contribution in [2.75, 3.05) is 41.0 Å². The Bertz CT molecular complexity index is 1080. The Kier molecular flexibility index (Phi) is 6.01. The molecule has 34 heavy (non-hydrogen) atoms. The number of hydrogen-bond acceptors (Lipinski definition) is 10. The molecule has 0 radical (unpaired) electrons. The zero-order valence-corrected chi connectivity index (χ0v) is 19.1. The number of ether oxygens (including phenoxy) is 8. The fourth-order valence-electron chi connectivity index (χ4n) is 4.74. The average Bonchev–Trinajstić information content (AvgIpc) is 3.58. The smallest absolute Gasteiger partial charge is 0.302 e. The van der Waals surface area contributed by atoms with E-state index in [0.717, 1.165) is 11.1 Å². The first-order valence-electron chi connectivity index (χ1n) is 10.9. The Morgan fingerprint density at radius 1 is 0.882 bits per heavy atom. The normalized spacial score (nSPS) is 24.2. The van der Waals surface area contributed by atoms with Crippen molar-refractivity contribution < 1.29 is 47.8 Å². The van der Waals surface area contributed by atoms with Crippen molar-refractivity contribution in [3.05, 3.63) is 35.4 Å². The monoisotopic (exact) mass is 474 g/mol. The molecule has 0 spiro atoms. The van der Waals surface area contributed by atoms with E-state index in [-0.39, 0.29) is 38.6 Å². The van der Waals surface area contributed by atoms with Crippen LogP contribution in [0.4, 0.5) is 0 Å². The maximum Gasteiger partial charge on any atom is 0.302 e. The van der Waals surface area contributed by atoms with Gasteiger partial charge in [-0.25, -0.2) is 0 Å². The number of rotatable bonds is 7. The predicted octanol–water partition coefficient (Wildman–Crippen LogP) is 2.76. The van der Waals surface area contributed by atoms with Gasteiger partial charge in [-0.15, -0.1) is 0 Å². The number of carbonyl (C=O) groups is 1. The molecule has 3 heterocycles. The van der Waals surface area contributed by atoms with E-state index < -0.39 is 18.2 Å². The van der Waals surface area contributed by atoms with Gasteiger partial charge in [0.1, 0.15) is 0 Å². The third kappa shape index (κ3) is 3.82. The van der Waals surface area contributed by atoms with Crippen LogP contribution >= 0.6 is 0 Å². The van der Waals surface area contributed by atoms with Crippen LogP contribution in [0.5, 0.6) is 34.5 Å². The van der Waals surface area contributed by atoms with Crippen LogP contribution in [0, 0.1) is 11.8 Å². The highest BCUT2D eigenvalue weighted by molar-refractivity contribution is 5.66. The molecule has 10 heteroatoms. The van der Waals surface area contributed by atoms with Crippen molar-refractivity contribution in [3.63, 3.8) is 0 Å². The number of fused-ring (bicyclic) bond motifs is 2. The molecule has 182 valence electrons. The van der Waals surface area contributed by atoms with Crippen LogP contribution in [0.25, 0.3) is 0 Å². The Hall–Kier alpha value is -3.37. The highest BCUT2D eigenvalue weighted by atomic mass is 16.7. The molecule has 4 atom stereocenters. The summed E-state index contributed by atoms with van der Waals surface area (Å²) in [4.78, 5) is 11.6. The first-order chi connectivity index (χ1) is 16.5. The molecule has 0 saturated carbocycles. The second kappa shape index (κ2) is 9.11. The number of benzene rings is 2. The zero-order chi connectivity index (χ0) is 23.8. The lowest BCUT2D eigenvalue weighted by Crippen LogP contribution is -2.25. The van der Waals surface area contributed by atoms with Gasteiger partial charge >= 0.3 is 5.97 Å². The lowest BCUT2D eigenvalue weighted by molar-refractivity contribution is -0.143. The van der Waals surface area contributed by atoms with E-state index in [4.69, 9.17) is 37.9 Å². The standard InChI is InChI=1S/C24H26O10/c1-12(26)29-9-16-15(8-25)21(13-4-17(27-2)23-19(6-13)30-10-32-23)34-22(16)14-5-18(28-3)24-20(7-14)31-11-33-24/h4-7,15-16,21-22,25H,8-11H2,1-3H3/t15-,16-,21+,22-/m0/s1. The molecule has 5 rings (SSSR count). The molecule has 1 fully saturated rings. The summed E-state index contributed by atoms with van der Waals surface area (Å²) in [7, 11) is 3.09. The van der Waals surface area contributed by atoms with Gasteiger partial charge in [0.05, 0.1) is 33.0 Å². The molecular formula is C24H26O10. The molecule has 3 aliphatic heterocycles. The number of aliphatic hydroxyl groups is 1. The van der Waals surface area contributed by atoms with Crippen molar-refractivity contribution in [1.82, 2.24) is 0 Å². The van der Waals surface area contributed by atoms with Crippen LogP contribution < -0.4 is 28.4 Å². The SMILES string of the molecule is COc1cc([C@H]2O[C@@H](c3cc(OC)c4c(c3)OCO4)[C@@H](COC(C)=O)[C@@H]2CO)cc2c1OCO2. The van der Waals surface area contributed by atoms with Gasteiger partial charge in [-0.1, -0.05) is 0 Å². The number of aliphatic hydroxyl groups excluding tert-OH is 1. The lowest BCUT2D eigenvalue weighted by Gasteiger charge is -2.23. The Balaban J connectivity index is 1.55. The van der Waals surface area contributed by atoms with E-state index in [1.54, 1.807) is 14.2 Å². The maximum atomic E-state index is 11.6. The van der Waals surface area contributed by atoms with Crippen LogP contribution in [0.15, 0.2) is 24.3 Å². The van der Waals surface area contributed by atoms with Crippen LogP contribution in [-0.4, -0.2) is 52.1 Å². The van der Waals surface area contributed by atoms with Crippen molar-refractivity contribution >= 4 is 5.97 Å². The van der Waals surface area contributed by atoms with E-state index in [1.165, 1.54) is 6.92 Å². The van der Waals surface area contributed by atoms with Crippen LogP contribution in [0.1, 0.15) is 30.3 Å². The summed E-state index contributed by atoms with van der Waals surface area (Å²) in [6.07, 6.45) is -1.06. The van der Waals surface area contributed by atoms with Gasteiger partial charge in [0.15, 0.2) is 23.0 Å². The minimum absolute atomic E-state index is 0.0696. The van der Waals surface area contributed by atoms with E-state index in [2.05, 4.69) is 0 Å². The predicted molar refractivity (Wildman–Crippen MR) is 115 cm³/mol. The first kappa shape index (κ1) is 22.4.